The van der Waals surface area contributed by atoms with Crippen LogP contribution in [0.5, 0.6) is 5.75 Å². The van der Waals surface area contributed by atoms with E-state index in [0.29, 0.717) is 29.1 Å². The van der Waals surface area contributed by atoms with Crippen LogP contribution in [0.15, 0.2) is 54.6 Å². The van der Waals surface area contributed by atoms with E-state index in [-0.39, 0.29) is 23.5 Å². The third-order valence-corrected chi connectivity index (χ3v) is 5.00. The number of hydrogen-bond acceptors (Lipinski definition) is 6. The Morgan fingerprint density at radius 2 is 1.56 bits per heavy atom. The molecule has 0 N–H and O–H groups in total. The van der Waals surface area contributed by atoms with Gasteiger partial charge in [-0.3, -0.25) is 0 Å². The van der Waals surface area contributed by atoms with Gasteiger partial charge in [-0.15, -0.1) is 11.8 Å². The van der Waals surface area contributed by atoms with Crippen LogP contribution in [0.1, 0.15) is 27.1 Å². The quantitative estimate of drug-likeness (QED) is 0.762. The summed E-state index contributed by atoms with van der Waals surface area (Å²) in [6, 6.07) is 15.6. The highest BCUT2D eigenvalue weighted by Crippen LogP contribution is 2.31. The molecule has 0 bridgehead atoms. The highest BCUT2D eigenvalue weighted by Gasteiger charge is 2.31. The number of esters is 2. The van der Waals surface area contributed by atoms with Crippen LogP contribution in [0.3, 0.4) is 0 Å². The lowest BCUT2D eigenvalue weighted by molar-refractivity contribution is 0.0238. The predicted molar refractivity (Wildman–Crippen MR) is 94.9 cm³/mol. The van der Waals surface area contributed by atoms with Crippen LogP contribution in [-0.2, 0) is 9.47 Å². The number of benzene rings is 2. The van der Waals surface area contributed by atoms with Gasteiger partial charge in [-0.05, 0) is 36.4 Å². The predicted octanol–water partition coefficient (Wildman–Crippen LogP) is 3.54. The molecule has 1 heterocycles. The Balaban J connectivity index is 1.50. The second-order valence-corrected chi connectivity index (χ2v) is 6.72. The summed E-state index contributed by atoms with van der Waals surface area (Å²) in [6.07, 6.45) is 0.221. The number of carbonyl (C=O) groups excluding carboxylic acids is 2. The number of hydrogen-bond donors (Lipinski definition) is 0. The molecular formula is C19H18O5S. The molecule has 0 saturated carbocycles. The Bertz CT molecular complexity index is 729. The summed E-state index contributed by atoms with van der Waals surface area (Å²) < 4.78 is 16.0. The van der Waals surface area contributed by atoms with Gasteiger partial charge in [-0.2, -0.15) is 0 Å². The molecule has 6 heteroatoms. The normalized spacial score (nSPS) is 19.2. The molecule has 130 valence electrons. The van der Waals surface area contributed by atoms with Gasteiger partial charge >= 0.3 is 11.9 Å². The van der Waals surface area contributed by atoms with Crippen molar-refractivity contribution in [2.24, 2.45) is 0 Å². The molecule has 25 heavy (non-hydrogen) atoms. The highest BCUT2D eigenvalue weighted by atomic mass is 32.2. The van der Waals surface area contributed by atoms with Crippen molar-refractivity contribution >= 4 is 23.7 Å². The molecule has 2 aromatic carbocycles. The summed E-state index contributed by atoms with van der Waals surface area (Å²) in [5.41, 5.74) is 0.679. The molecule has 0 amide bonds. The van der Waals surface area contributed by atoms with Gasteiger partial charge in [0.1, 0.15) is 11.9 Å². The fraction of sp³-hybridized carbons (Fsp3) is 0.263. The molecule has 2 aromatic rings. The zero-order valence-electron chi connectivity index (χ0n) is 13.7. The first-order chi connectivity index (χ1) is 12.2. The molecule has 1 fully saturated rings. The summed E-state index contributed by atoms with van der Waals surface area (Å²) in [4.78, 5) is 24.2. The zero-order chi connectivity index (χ0) is 17.6. The molecule has 0 unspecified atom stereocenters. The smallest absolute Gasteiger partial charge is 0.339 e. The Kier molecular flexibility index (Phi) is 5.60. The van der Waals surface area contributed by atoms with E-state index in [9.17, 15) is 9.59 Å². The van der Waals surface area contributed by atoms with Crippen molar-refractivity contribution in [2.45, 2.75) is 18.0 Å². The number of methoxy groups -OCH3 is 1. The van der Waals surface area contributed by atoms with E-state index in [2.05, 4.69) is 0 Å². The topological polar surface area (TPSA) is 61.8 Å². The fourth-order valence-electron chi connectivity index (χ4n) is 2.44. The van der Waals surface area contributed by atoms with Gasteiger partial charge in [0, 0.05) is 12.2 Å². The molecule has 1 aliphatic rings. The Morgan fingerprint density at radius 3 is 2.24 bits per heavy atom. The Labute approximate surface area is 150 Å². The maximum absolute atomic E-state index is 12.2. The lowest BCUT2D eigenvalue weighted by Crippen LogP contribution is -2.20. The van der Waals surface area contributed by atoms with Crippen molar-refractivity contribution in [3.63, 3.8) is 0 Å². The second kappa shape index (κ2) is 8.07. The molecule has 5 nitrogen and oxygen atoms in total. The van der Waals surface area contributed by atoms with Crippen LogP contribution in [0.2, 0.25) is 0 Å². The second-order valence-electron chi connectivity index (χ2n) is 5.53. The van der Waals surface area contributed by atoms with Crippen molar-refractivity contribution < 1.29 is 23.8 Å². The van der Waals surface area contributed by atoms with Gasteiger partial charge in [0.15, 0.2) is 5.44 Å². The van der Waals surface area contributed by atoms with E-state index >= 15 is 0 Å². The van der Waals surface area contributed by atoms with Crippen molar-refractivity contribution in [3.8, 4) is 5.75 Å². The average molecular weight is 358 g/mol. The number of carbonyl (C=O) groups is 2. The summed E-state index contributed by atoms with van der Waals surface area (Å²) in [7, 11) is 1.57. The van der Waals surface area contributed by atoms with E-state index < -0.39 is 0 Å². The van der Waals surface area contributed by atoms with Crippen molar-refractivity contribution in [3.05, 3.63) is 65.7 Å². The average Bonchev–Trinajstić information content (AvgIpc) is 3.09. The summed E-state index contributed by atoms with van der Waals surface area (Å²) in [5, 5.41) is 0. The molecule has 0 spiro atoms. The fourth-order valence-corrected chi connectivity index (χ4v) is 3.58. The van der Waals surface area contributed by atoms with Crippen LogP contribution < -0.4 is 4.74 Å². The zero-order valence-corrected chi connectivity index (χ0v) is 14.5. The monoisotopic (exact) mass is 358 g/mol. The van der Waals surface area contributed by atoms with E-state index in [0.717, 1.165) is 0 Å². The standard InChI is InChI=1S/C19H18O5S/c1-22-15-9-7-14(8-10-15)18(20)23-16-11-17(25-12-16)24-19(21)13-5-3-2-4-6-13/h2-10,16-17H,11-12H2,1H3/t16-,17+/m1/s1. The number of ether oxygens (including phenoxy) is 3. The van der Waals surface area contributed by atoms with Crippen LogP contribution in [0.4, 0.5) is 0 Å². The summed E-state index contributed by atoms with van der Waals surface area (Å²) >= 11 is 1.48. The van der Waals surface area contributed by atoms with Gasteiger partial charge in [0.2, 0.25) is 0 Å². The molecule has 0 aromatic heterocycles. The van der Waals surface area contributed by atoms with Crippen molar-refractivity contribution in [2.75, 3.05) is 12.9 Å². The van der Waals surface area contributed by atoms with Crippen LogP contribution in [0.25, 0.3) is 0 Å². The molecule has 1 aliphatic heterocycles. The van der Waals surface area contributed by atoms with E-state index in [1.54, 1.807) is 55.6 Å². The highest BCUT2D eigenvalue weighted by molar-refractivity contribution is 8.00. The summed E-state index contributed by atoms with van der Waals surface area (Å²) in [6.45, 7) is 0. The van der Waals surface area contributed by atoms with Gasteiger partial charge < -0.3 is 14.2 Å². The number of rotatable bonds is 5. The van der Waals surface area contributed by atoms with Gasteiger partial charge in [0.05, 0.1) is 18.2 Å². The van der Waals surface area contributed by atoms with E-state index in [4.69, 9.17) is 14.2 Å². The first kappa shape index (κ1) is 17.4. The third-order valence-electron chi connectivity index (χ3n) is 3.77. The molecule has 0 radical (unpaired) electrons. The van der Waals surface area contributed by atoms with Crippen molar-refractivity contribution in [1.29, 1.82) is 0 Å². The lowest BCUT2D eigenvalue weighted by Gasteiger charge is -2.13. The van der Waals surface area contributed by atoms with Crippen LogP contribution in [-0.4, -0.2) is 36.3 Å². The third kappa shape index (κ3) is 4.54. The molecule has 3 rings (SSSR count). The first-order valence-corrected chi connectivity index (χ1v) is 8.93. The van der Waals surface area contributed by atoms with E-state index in [1.807, 2.05) is 6.07 Å². The van der Waals surface area contributed by atoms with Crippen molar-refractivity contribution in [1.82, 2.24) is 0 Å². The first-order valence-electron chi connectivity index (χ1n) is 7.88. The molecule has 1 saturated heterocycles. The Hall–Kier alpha value is -2.47. The maximum Gasteiger partial charge on any atom is 0.339 e. The molecular weight excluding hydrogens is 340 g/mol. The Morgan fingerprint density at radius 1 is 0.920 bits per heavy atom. The SMILES string of the molecule is COc1ccc(C(=O)O[C@H]2CS[C@H](OC(=O)c3ccccc3)C2)cc1. The van der Waals surface area contributed by atoms with Gasteiger partial charge in [0.25, 0.3) is 0 Å². The maximum atomic E-state index is 12.2. The summed E-state index contributed by atoms with van der Waals surface area (Å²) in [5.74, 6) is 0.540. The largest absolute Gasteiger partial charge is 0.497 e. The minimum Gasteiger partial charge on any atom is -0.497 e. The van der Waals surface area contributed by atoms with E-state index in [1.165, 1.54) is 11.8 Å². The van der Waals surface area contributed by atoms with Crippen LogP contribution in [0, 0.1) is 0 Å². The molecule has 2 atom stereocenters. The van der Waals surface area contributed by atoms with Gasteiger partial charge in [-0.25, -0.2) is 9.59 Å². The molecule has 0 aliphatic carbocycles. The van der Waals surface area contributed by atoms with Crippen LogP contribution >= 0.6 is 11.8 Å². The minimum atomic E-state index is -0.386. The minimum absolute atomic E-state index is 0.270. The number of thioether (sulfide) groups is 1. The lowest BCUT2D eigenvalue weighted by atomic mass is 10.2. The van der Waals surface area contributed by atoms with Gasteiger partial charge in [-0.1, -0.05) is 18.2 Å².